The summed E-state index contributed by atoms with van der Waals surface area (Å²) in [6.45, 7) is 5.93. The minimum absolute atomic E-state index is 0.0503. The summed E-state index contributed by atoms with van der Waals surface area (Å²) in [6.07, 6.45) is 1.41. The number of carbonyl (C=O) groups excluding carboxylic acids is 1. The third kappa shape index (κ3) is 3.42. The van der Waals surface area contributed by atoms with E-state index in [2.05, 4.69) is 15.5 Å². The number of carbonyl (C=O) groups is 1. The van der Waals surface area contributed by atoms with Crippen molar-refractivity contribution in [3.05, 3.63) is 5.01 Å². The van der Waals surface area contributed by atoms with Crippen LogP contribution >= 0.6 is 11.3 Å². The summed E-state index contributed by atoms with van der Waals surface area (Å²) >= 11 is 1.29. The maximum Gasteiger partial charge on any atom is 0.284 e. The molecule has 0 bridgehead atoms. The molecule has 2 N–H and O–H groups in total. The standard InChI is InChI=1S/C12H20N4O2S/c1-3-13-12-15-14-10(19-12)11(18)16-6-4-9(5-7-16)8(2)17/h8-9,17H,3-7H2,1-2H3,(H,13,15). The number of piperidine rings is 1. The number of nitrogens with one attached hydrogen (secondary N) is 1. The zero-order valence-corrected chi connectivity index (χ0v) is 12.1. The van der Waals surface area contributed by atoms with Gasteiger partial charge in [-0.2, -0.15) is 0 Å². The summed E-state index contributed by atoms with van der Waals surface area (Å²) in [4.78, 5) is 14.0. The van der Waals surface area contributed by atoms with E-state index < -0.39 is 0 Å². The minimum Gasteiger partial charge on any atom is -0.393 e. The normalized spacial score (nSPS) is 18.4. The fourth-order valence-electron chi connectivity index (χ4n) is 2.25. The zero-order valence-electron chi connectivity index (χ0n) is 11.3. The molecule has 1 amide bonds. The molecule has 1 aromatic heterocycles. The van der Waals surface area contributed by atoms with E-state index in [1.807, 2.05) is 13.8 Å². The number of hydrogen-bond acceptors (Lipinski definition) is 6. The quantitative estimate of drug-likeness (QED) is 0.868. The molecule has 0 spiro atoms. The Balaban J connectivity index is 1.93. The van der Waals surface area contributed by atoms with E-state index in [4.69, 9.17) is 0 Å². The first-order valence-electron chi connectivity index (χ1n) is 6.66. The summed E-state index contributed by atoms with van der Waals surface area (Å²) in [7, 11) is 0. The lowest BCUT2D eigenvalue weighted by Gasteiger charge is -2.32. The largest absolute Gasteiger partial charge is 0.393 e. The van der Waals surface area contributed by atoms with E-state index in [0.717, 1.165) is 19.4 Å². The molecule has 1 aliphatic rings. The van der Waals surface area contributed by atoms with Crippen LogP contribution in [0.4, 0.5) is 5.13 Å². The molecule has 106 valence electrons. The summed E-state index contributed by atoms with van der Waals surface area (Å²) in [6, 6.07) is 0. The molecule has 19 heavy (non-hydrogen) atoms. The highest BCUT2D eigenvalue weighted by Gasteiger charge is 2.27. The Morgan fingerprint density at radius 2 is 2.21 bits per heavy atom. The van der Waals surface area contributed by atoms with Crippen molar-refractivity contribution in [1.82, 2.24) is 15.1 Å². The van der Waals surface area contributed by atoms with Crippen LogP contribution in [0, 0.1) is 5.92 Å². The topological polar surface area (TPSA) is 78.4 Å². The number of nitrogens with zero attached hydrogens (tertiary/aromatic N) is 3. The first-order chi connectivity index (χ1) is 9.11. The van der Waals surface area contributed by atoms with Crippen molar-refractivity contribution in [3.8, 4) is 0 Å². The first kappa shape index (κ1) is 14.2. The first-order valence-corrected chi connectivity index (χ1v) is 7.48. The SMILES string of the molecule is CCNc1nnc(C(=O)N2CCC(C(C)O)CC2)s1. The molecule has 0 aromatic carbocycles. The molecular weight excluding hydrogens is 264 g/mol. The van der Waals surface area contributed by atoms with Crippen LogP contribution in [0.2, 0.25) is 0 Å². The Morgan fingerprint density at radius 1 is 1.53 bits per heavy atom. The van der Waals surface area contributed by atoms with E-state index in [9.17, 15) is 9.90 Å². The third-order valence-electron chi connectivity index (χ3n) is 3.45. The molecule has 6 nitrogen and oxygen atoms in total. The van der Waals surface area contributed by atoms with Gasteiger partial charge in [0.1, 0.15) is 0 Å². The number of likely N-dealkylation sites (tertiary alicyclic amines) is 1. The van der Waals surface area contributed by atoms with Crippen molar-refractivity contribution in [2.24, 2.45) is 5.92 Å². The zero-order chi connectivity index (χ0) is 13.8. The fourth-order valence-corrected chi connectivity index (χ4v) is 3.03. The lowest BCUT2D eigenvalue weighted by molar-refractivity contribution is 0.0520. The van der Waals surface area contributed by atoms with Crippen LogP contribution < -0.4 is 5.32 Å². The lowest BCUT2D eigenvalue weighted by atomic mass is 9.92. The average molecular weight is 284 g/mol. The van der Waals surface area contributed by atoms with Gasteiger partial charge in [-0.05, 0) is 32.6 Å². The van der Waals surface area contributed by atoms with Gasteiger partial charge >= 0.3 is 0 Å². The number of aliphatic hydroxyl groups excluding tert-OH is 1. The van der Waals surface area contributed by atoms with Gasteiger partial charge in [-0.3, -0.25) is 4.79 Å². The average Bonchev–Trinajstić information content (AvgIpc) is 2.87. The van der Waals surface area contributed by atoms with Crippen LogP contribution in [-0.2, 0) is 0 Å². The van der Waals surface area contributed by atoms with Gasteiger partial charge in [-0.1, -0.05) is 11.3 Å². The molecule has 1 fully saturated rings. The van der Waals surface area contributed by atoms with Gasteiger partial charge in [0.15, 0.2) is 0 Å². The monoisotopic (exact) mass is 284 g/mol. The van der Waals surface area contributed by atoms with Gasteiger partial charge in [0.05, 0.1) is 6.10 Å². The number of aromatic nitrogens is 2. The fraction of sp³-hybridized carbons (Fsp3) is 0.750. The Morgan fingerprint density at radius 3 is 2.79 bits per heavy atom. The highest BCUT2D eigenvalue weighted by Crippen LogP contribution is 2.23. The molecule has 0 aliphatic carbocycles. The van der Waals surface area contributed by atoms with Crippen molar-refractivity contribution in [2.45, 2.75) is 32.8 Å². The van der Waals surface area contributed by atoms with Crippen LogP contribution in [0.15, 0.2) is 0 Å². The van der Waals surface area contributed by atoms with Gasteiger partial charge in [0.2, 0.25) is 10.1 Å². The van der Waals surface area contributed by atoms with Crippen molar-refractivity contribution in [2.75, 3.05) is 25.0 Å². The van der Waals surface area contributed by atoms with E-state index in [0.29, 0.717) is 29.1 Å². The molecule has 1 aromatic rings. The van der Waals surface area contributed by atoms with E-state index in [1.54, 1.807) is 4.90 Å². The van der Waals surface area contributed by atoms with Crippen LogP contribution in [0.1, 0.15) is 36.5 Å². The molecule has 2 heterocycles. The van der Waals surface area contributed by atoms with Gasteiger partial charge in [0, 0.05) is 19.6 Å². The third-order valence-corrected chi connectivity index (χ3v) is 4.31. The minimum atomic E-state index is -0.292. The maximum absolute atomic E-state index is 12.2. The second-order valence-corrected chi connectivity index (χ2v) is 5.79. The van der Waals surface area contributed by atoms with E-state index in [1.165, 1.54) is 11.3 Å². The van der Waals surface area contributed by atoms with Crippen molar-refractivity contribution >= 4 is 22.4 Å². The Labute approximate surface area is 116 Å². The molecule has 1 unspecified atom stereocenters. The van der Waals surface area contributed by atoms with Crippen LogP contribution in [0.25, 0.3) is 0 Å². The molecule has 7 heteroatoms. The molecular formula is C12H20N4O2S. The van der Waals surface area contributed by atoms with Gasteiger partial charge in [0.25, 0.3) is 5.91 Å². The summed E-state index contributed by atoms with van der Waals surface area (Å²) in [5.74, 6) is 0.251. The lowest BCUT2D eigenvalue weighted by Crippen LogP contribution is -2.40. The Hall–Kier alpha value is -1.21. The summed E-state index contributed by atoms with van der Waals surface area (Å²) in [5.41, 5.74) is 0. The number of aliphatic hydroxyl groups is 1. The molecule has 1 atom stereocenters. The molecule has 2 rings (SSSR count). The second kappa shape index (κ2) is 6.29. The molecule has 0 saturated carbocycles. The van der Waals surface area contributed by atoms with E-state index >= 15 is 0 Å². The van der Waals surface area contributed by atoms with Crippen LogP contribution in [0.5, 0.6) is 0 Å². The predicted octanol–water partition coefficient (Wildman–Crippen LogP) is 1.20. The van der Waals surface area contributed by atoms with Gasteiger partial charge in [-0.15, -0.1) is 10.2 Å². The highest BCUT2D eigenvalue weighted by atomic mass is 32.1. The maximum atomic E-state index is 12.2. The molecule has 0 radical (unpaired) electrons. The predicted molar refractivity (Wildman–Crippen MR) is 74.4 cm³/mol. The Bertz CT molecular complexity index is 427. The van der Waals surface area contributed by atoms with Crippen molar-refractivity contribution < 1.29 is 9.90 Å². The van der Waals surface area contributed by atoms with Crippen molar-refractivity contribution in [1.29, 1.82) is 0 Å². The number of amides is 1. The van der Waals surface area contributed by atoms with Crippen molar-refractivity contribution in [3.63, 3.8) is 0 Å². The van der Waals surface area contributed by atoms with Gasteiger partial charge in [-0.25, -0.2) is 0 Å². The second-order valence-electron chi connectivity index (χ2n) is 4.81. The number of rotatable bonds is 4. The summed E-state index contributed by atoms with van der Waals surface area (Å²) < 4.78 is 0. The van der Waals surface area contributed by atoms with Crippen LogP contribution in [0.3, 0.4) is 0 Å². The smallest absolute Gasteiger partial charge is 0.284 e. The Kier molecular flexibility index (Phi) is 4.71. The van der Waals surface area contributed by atoms with E-state index in [-0.39, 0.29) is 12.0 Å². The van der Waals surface area contributed by atoms with Gasteiger partial charge < -0.3 is 15.3 Å². The molecule has 1 aliphatic heterocycles. The number of hydrogen-bond donors (Lipinski definition) is 2. The molecule has 1 saturated heterocycles. The highest BCUT2D eigenvalue weighted by molar-refractivity contribution is 7.17. The van der Waals surface area contributed by atoms with Crippen LogP contribution in [-0.4, -0.2) is 51.8 Å². The number of anilines is 1. The summed E-state index contributed by atoms with van der Waals surface area (Å²) in [5, 5.41) is 21.6.